The Bertz CT molecular complexity index is 608. The molecular formula is C16H27ClN4O2S. The van der Waals surface area contributed by atoms with Gasteiger partial charge in [-0.25, -0.2) is 0 Å². The van der Waals surface area contributed by atoms with Crippen molar-refractivity contribution < 1.29 is 8.42 Å². The molecule has 0 aromatic carbocycles. The fraction of sp³-hybridized carbons (Fsp3) is 0.688. The monoisotopic (exact) mass is 374 g/mol. The predicted molar refractivity (Wildman–Crippen MR) is 97.4 cm³/mol. The Labute approximate surface area is 151 Å². The highest BCUT2D eigenvalue weighted by Crippen LogP contribution is 2.30. The molecule has 1 atom stereocenters. The van der Waals surface area contributed by atoms with Crippen molar-refractivity contribution in [3.05, 3.63) is 30.1 Å². The van der Waals surface area contributed by atoms with Gasteiger partial charge in [0, 0.05) is 45.1 Å². The quantitative estimate of drug-likeness (QED) is 0.874. The lowest BCUT2D eigenvalue weighted by atomic mass is 9.96. The van der Waals surface area contributed by atoms with Crippen LogP contribution < -0.4 is 5.32 Å². The number of piperazine rings is 1. The van der Waals surface area contributed by atoms with E-state index in [0.717, 1.165) is 31.2 Å². The summed E-state index contributed by atoms with van der Waals surface area (Å²) >= 11 is 0. The van der Waals surface area contributed by atoms with Gasteiger partial charge in [0.25, 0.3) is 10.2 Å². The molecule has 1 unspecified atom stereocenters. The van der Waals surface area contributed by atoms with Gasteiger partial charge < -0.3 is 5.32 Å². The van der Waals surface area contributed by atoms with Gasteiger partial charge in [0.15, 0.2) is 0 Å². The maximum Gasteiger partial charge on any atom is 0.282 e. The smallest absolute Gasteiger partial charge is 0.282 e. The van der Waals surface area contributed by atoms with Crippen molar-refractivity contribution in [3.8, 4) is 0 Å². The van der Waals surface area contributed by atoms with Crippen LogP contribution in [0.1, 0.15) is 43.7 Å². The van der Waals surface area contributed by atoms with E-state index in [4.69, 9.17) is 0 Å². The molecular weight excluding hydrogens is 348 g/mol. The summed E-state index contributed by atoms with van der Waals surface area (Å²) < 4.78 is 29.6. The van der Waals surface area contributed by atoms with Crippen LogP contribution in [-0.2, 0) is 10.2 Å². The van der Waals surface area contributed by atoms with Gasteiger partial charge in [-0.2, -0.15) is 17.0 Å². The van der Waals surface area contributed by atoms with Crippen molar-refractivity contribution in [2.24, 2.45) is 0 Å². The molecule has 136 valence electrons. The molecule has 0 bridgehead atoms. The lowest BCUT2D eigenvalue weighted by molar-refractivity contribution is 0.223. The third-order valence-electron chi connectivity index (χ3n) is 5.01. The van der Waals surface area contributed by atoms with Crippen molar-refractivity contribution in [1.29, 1.82) is 0 Å². The van der Waals surface area contributed by atoms with Crippen LogP contribution in [0.25, 0.3) is 0 Å². The summed E-state index contributed by atoms with van der Waals surface area (Å²) in [5.74, 6) is 0. The van der Waals surface area contributed by atoms with Crippen molar-refractivity contribution in [3.63, 3.8) is 0 Å². The number of pyridine rings is 1. The van der Waals surface area contributed by atoms with Gasteiger partial charge in [-0.1, -0.05) is 25.3 Å². The maximum atomic E-state index is 13.2. The minimum absolute atomic E-state index is 0. The molecule has 8 heteroatoms. The average Bonchev–Trinajstić information content (AvgIpc) is 2.62. The summed E-state index contributed by atoms with van der Waals surface area (Å²) in [4.78, 5) is 4.15. The zero-order chi connectivity index (χ0) is 16.3. The van der Waals surface area contributed by atoms with E-state index < -0.39 is 10.2 Å². The molecule has 1 saturated carbocycles. The molecule has 6 nitrogen and oxygen atoms in total. The van der Waals surface area contributed by atoms with Crippen LogP contribution in [0.3, 0.4) is 0 Å². The molecule has 0 amide bonds. The summed E-state index contributed by atoms with van der Waals surface area (Å²) in [6, 6.07) is 3.76. The van der Waals surface area contributed by atoms with Crippen LogP contribution in [0.2, 0.25) is 0 Å². The minimum atomic E-state index is -3.46. The van der Waals surface area contributed by atoms with E-state index in [1.807, 2.05) is 12.1 Å². The lowest BCUT2D eigenvalue weighted by Gasteiger charge is -2.40. The molecule has 0 radical (unpaired) electrons. The molecule has 1 aromatic rings. The third-order valence-corrected chi connectivity index (χ3v) is 7.07. The summed E-state index contributed by atoms with van der Waals surface area (Å²) in [5, 5.41) is 3.30. The largest absolute Gasteiger partial charge is 0.313 e. The SMILES string of the molecule is CN(C1CCCCC1)S(=O)(=O)N1CCNCC1c1cccnc1.Cl. The van der Waals surface area contributed by atoms with E-state index in [2.05, 4.69) is 10.3 Å². The van der Waals surface area contributed by atoms with Crippen LogP contribution in [0.5, 0.6) is 0 Å². The van der Waals surface area contributed by atoms with Crippen molar-refractivity contribution in [1.82, 2.24) is 18.9 Å². The second-order valence-electron chi connectivity index (χ2n) is 6.43. The Hall–Kier alpha value is -0.730. The average molecular weight is 375 g/mol. The zero-order valence-electron chi connectivity index (χ0n) is 14.1. The molecule has 3 rings (SSSR count). The molecule has 1 aliphatic heterocycles. The molecule has 24 heavy (non-hydrogen) atoms. The fourth-order valence-electron chi connectivity index (χ4n) is 3.62. The number of nitrogens with zero attached hydrogens (tertiary/aromatic N) is 3. The number of hydrogen-bond donors (Lipinski definition) is 1. The summed E-state index contributed by atoms with van der Waals surface area (Å²) in [6.07, 6.45) is 8.89. The second-order valence-corrected chi connectivity index (χ2v) is 8.37. The first-order valence-electron chi connectivity index (χ1n) is 8.46. The molecule has 2 fully saturated rings. The first-order chi connectivity index (χ1) is 11.1. The van der Waals surface area contributed by atoms with E-state index in [-0.39, 0.29) is 24.5 Å². The highest BCUT2D eigenvalue weighted by molar-refractivity contribution is 7.86. The Morgan fingerprint density at radius 3 is 2.71 bits per heavy atom. The standard InChI is InChI=1S/C16H26N4O2S.ClH/c1-19(15-7-3-2-4-8-15)23(21,22)20-11-10-18-13-16(20)14-6-5-9-17-12-14;/h5-6,9,12,15-16,18H,2-4,7-8,10-11,13H2,1H3;1H. The minimum Gasteiger partial charge on any atom is -0.313 e. The highest BCUT2D eigenvalue weighted by Gasteiger charge is 2.38. The summed E-state index contributed by atoms with van der Waals surface area (Å²) in [5.41, 5.74) is 0.945. The van der Waals surface area contributed by atoms with Crippen LogP contribution in [0.15, 0.2) is 24.5 Å². The Balaban J connectivity index is 0.00000208. The summed E-state index contributed by atoms with van der Waals surface area (Å²) in [7, 11) is -1.72. The van der Waals surface area contributed by atoms with E-state index in [1.54, 1.807) is 28.1 Å². The Morgan fingerprint density at radius 1 is 1.29 bits per heavy atom. The van der Waals surface area contributed by atoms with Gasteiger partial charge in [-0.15, -0.1) is 12.4 Å². The van der Waals surface area contributed by atoms with Gasteiger partial charge in [-0.3, -0.25) is 4.98 Å². The molecule has 1 saturated heterocycles. The van der Waals surface area contributed by atoms with E-state index >= 15 is 0 Å². The van der Waals surface area contributed by atoms with E-state index in [0.29, 0.717) is 19.6 Å². The number of rotatable bonds is 4. The van der Waals surface area contributed by atoms with Gasteiger partial charge in [0.05, 0.1) is 6.04 Å². The third kappa shape index (κ3) is 4.08. The number of hydrogen-bond acceptors (Lipinski definition) is 4. The molecule has 0 spiro atoms. The Kier molecular flexibility index (Phi) is 7.00. The topological polar surface area (TPSA) is 65.5 Å². The van der Waals surface area contributed by atoms with Gasteiger partial charge in [0.2, 0.25) is 0 Å². The first kappa shape index (κ1) is 19.6. The summed E-state index contributed by atoms with van der Waals surface area (Å²) in [6.45, 7) is 1.82. The molecule has 2 heterocycles. The normalized spacial score (nSPS) is 23.8. The van der Waals surface area contributed by atoms with Crippen LogP contribution >= 0.6 is 12.4 Å². The first-order valence-corrected chi connectivity index (χ1v) is 9.86. The highest BCUT2D eigenvalue weighted by atomic mass is 35.5. The number of halogens is 1. The van der Waals surface area contributed by atoms with Gasteiger partial charge >= 0.3 is 0 Å². The maximum absolute atomic E-state index is 13.2. The second kappa shape index (κ2) is 8.58. The lowest BCUT2D eigenvalue weighted by Crippen LogP contribution is -2.54. The fourth-order valence-corrected chi connectivity index (χ4v) is 5.38. The molecule has 1 aromatic heterocycles. The van der Waals surface area contributed by atoms with E-state index in [1.165, 1.54) is 6.42 Å². The van der Waals surface area contributed by atoms with Crippen LogP contribution in [0.4, 0.5) is 0 Å². The predicted octanol–water partition coefficient (Wildman–Crippen LogP) is 1.96. The Morgan fingerprint density at radius 2 is 2.04 bits per heavy atom. The van der Waals surface area contributed by atoms with Gasteiger partial charge in [0.1, 0.15) is 0 Å². The number of aromatic nitrogens is 1. The van der Waals surface area contributed by atoms with Crippen LogP contribution in [-0.4, -0.2) is 54.7 Å². The van der Waals surface area contributed by atoms with E-state index in [9.17, 15) is 8.42 Å². The van der Waals surface area contributed by atoms with Crippen molar-refractivity contribution in [2.45, 2.75) is 44.2 Å². The number of nitrogens with one attached hydrogen (secondary N) is 1. The van der Waals surface area contributed by atoms with Crippen LogP contribution in [0, 0.1) is 0 Å². The van der Waals surface area contributed by atoms with Crippen molar-refractivity contribution in [2.75, 3.05) is 26.7 Å². The molecule has 1 N–H and O–H groups in total. The molecule has 2 aliphatic rings. The van der Waals surface area contributed by atoms with Crippen molar-refractivity contribution >= 4 is 22.6 Å². The zero-order valence-corrected chi connectivity index (χ0v) is 15.7. The van der Waals surface area contributed by atoms with Gasteiger partial charge in [-0.05, 0) is 24.5 Å². The molecule has 1 aliphatic carbocycles.